The van der Waals surface area contributed by atoms with Gasteiger partial charge in [0.2, 0.25) is 5.91 Å². The molecule has 1 rings (SSSR count). The summed E-state index contributed by atoms with van der Waals surface area (Å²) in [5.74, 6) is -0.146. The summed E-state index contributed by atoms with van der Waals surface area (Å²) >= 11 is 0. The first-order chi connectivity index (χ1) is 24.8. The van der Waals surface area contributed by atoms with Gasteiger partial charge < -0.3 is 40.3 Å². The Morgan fingerprint density at radius 3 is 1.39 bits per heavy atom. The molecule has 1 fully saturated rings. The third-order valence-electron chi connectivity index (χ3n) is 10.7. The fourth-order valence-electron chi connectivity index (χ4n) is 7.16. The highest BCUT2D eigenvalue weighted by molar-refractivity contribution is 5.76. The first-order valence-corrected chi connectivity index (χ1v) is 21.7. The van der Waals surface area contributed by atoms with Gasteiger partial charge in [-0.3, -0.25) is 4.79 Å². The predicted octanol–water partition coefficient (Wildman–Crippen LogP) is 8.39. The molecule has 0 radical (unpaired) electrons. The molecule has 7 unspecified atom stereocenters. The lowest BCUT2D eigenvalue weighted by molar-refractivity contribution is -0.302. The molecule has 1 aliphatic heterocycles. The second kappa shape index (κ2) is 33.7. The number of aliphatic hydroxyl groups is 5. The molecule has 1 amide bonds. The summed E-state index contributed by atoms with van der Waals surface area (Å²) in [6.45, 7) is 3.81. The van der Waals surface area contributed by atoms with Gasteiger partial charge in [-0.2, -0.15) is 0 Å². The first kappa shape index (κ1) is 48.2. The van der Waals surface area contributed by atoms with E-state index >= 15 is 0 Å². The minimum Gasteiger partial charge on any atom is -0.394 e. The van der Waals surface area contributed by atoms with Crippen LogP contribution < -0.4 is 5.32 Å². The monoisotopic (exact) mass is 730 g/mol. The highest BCUT2D eigenvalue weighted by Crippen LogP contribution is 2.23. The van der Waals surface area contributed by atoms with Crippen molar-refractivity contribution in [1.82, 2.24) is 5.32 Å². The number of rotatable bonds is 36. The predicted molar refractivity (Wildman–Crippen MR) is 208 cm³/mol. The van der Waals surface area contributed by atoms with Crippen LogP contribution in [0.2, 0.25) is 0 Å². The van der Waals surface area contributed by atoms with Crippen molar-refractivity contribution >= 4 is 5.91 Å². The normalized spacial score (nSPS) is 21.9. The number of hydrogen-bond acceptors (Lipinski definition) is 8. The highest BCUT2D eigenvalue weighted by atomic mass is 16.7. The van der Waals surface area contributed by atoms with E-state index in [1.54, 1.807) is 0 Å². The van der Waals surface area contributed by atoms with Crippen LogP contribution in [-0.4, -0.2) is 87.5 Å². The van der Waals surface area contributed by atoms with Crippen molar-refractivity contribution in [1.29, 1.82) is 0 Å². The van der Waals surface area contributed by atoms with Crippen molar-refractivity contribution in [2.75, 3.05) is 13.2 Å². The number of aliphatic hydroxyl groups excluding tert-OH is 5. The standard InChI is InChI=1S/C42H83NO8/c1-3-5-7-9-11-13-14-15-16-17-18-19-20-21-22-24-25-27-29-31-36(45)35(34-50-42-41(49)40(48)39(47)37(33-44)51-42)43-38(46)32-30-28-26-23-12-10-8-6-4-2/h35-37,39-42,44-45,47-49H,3-34H2,1-2H3,(H,43,46). The Balaban J connectivity index is 2.30. The van der Waals surface area contributed by atoms with Gasteiger partial charge in [0, 0.05) is 6.42 Å². The van der Waals surface area contributed by atoms with Crippen LogP contribution in [0.5, 0.6) is 0 Å². The van der Waals surface area contributed by atoms with Crippen LogP contribution in [0.1, 0.15) is 206 Å². The third-order valence-corrected chi connectivity index (χ3v) is 10.7. The van der Waals surface area contributed by atoms with Crippen molar-refractivity contribution in [2.24, 2.45) is 0 Å². The lowest BCUT2D eigenvalue weighted by atomic mass is 9.99. The Bertz CT molecular complexity index is 771. The van der Waals surface area contributed by atoms with E-state index in [0.29, 0.717) is 12.8 Å². The zero-order chi connectivity index (χ0) is 37.4. The van der Waals surface area contributed by atoms with E-state index in [2.05, 4.69) is 19.2 Å². The summed E-state index contributed by atoms with van der Waals surface area (Å²) in [5, 5.41) is 54.1. The fraction of sp³-hybridized carbons (Fsp3) is 0.976. The molecule has 0 bridgehead atoms. The SMILES string of the molecule is CCCCCCCCCCCCCCCCCCCCCC(O)C(COC1OC(CO)C(O)C(O)C1O)NC(=O)CCCCCCCCCCC. The number of carbonyl (C=O) groups excluding carboxylic acids is 1. The van der Waals surface area contributed by atoms with E-state index < -0.39 is 49.5 Å². The zero-order valence-corrected chi connectivity index (χ0v) is 33.1. The van der Waals surface area contributed by atoms with Crippen molar-refractivity contribution in [3.8, 4) is 0 Å². The molecule has 304 valence electrons. The smallest absolute Gasteiger partial charge is 0.220 e. The number of hydrogen-bond donors (Lipinski definition) is 6. The number of carbonyl (C=O) groups is 1. The molecule has 0 aromatic rings. The number of nitrogens with one attached hydrogen (secondary N) is 1. The van der Waals surface area contributed by atoms with E-state index in [9.17, 15) is 30.3 Å². The molecule has 1 aliphatic rings. The molecular formula is C42H83NO8. The molecule has 9 heteroatoms. The van der Waals surface area contributed by atoms with Gasteiger partial charge in [-0.25, -0.2) is 0 Å². The maximum absolute atomic E-state index is 12.9. The van der Waals surface area contributed by atoms with E-state index in [-0.39, 0.29) is 12.5 Å². The molecule has 0 saturated carbocycles. The van der Waals surface area contributed by atoms with Crippen molar-refractivity contribution in [3.63, 3.8) is 0 Å². The molecule has 0 aliphatic carbocycles. The molecule has 0 aromatic heterocycles. The average molecular weight is 730 g/mol. The van der Waals surface area contributed by atoms with Gasteiger partial charge in [0.15, 0.2) is 6.29 Å². The topological polar surface area (TPSA) is 149 Å². The van der Waals surface area contributed by atoms with Gasteiger partial charge in [0.05, 0.1) is 25.4 Å². The van der Waals surface area contributed by atoms with E-state index in [1.165, 1.54) is 141 Å². The van der Waals surface area contributed by atoms with Crippen LogP contribution in [0.15, 0.2) is 0 Å². The molecule has 6 N–H and O–H groups in total. The lowest BCUT2D eigenvalue weighted by Crippen LogP contribution is -2.60. The Morgan fingerprint density at radius 1 is 0.588 bits per heavy atom. The largest absolute Gasteiger partial charge is 0.394 e. The molecule has 1 heterocycles. The van der Waals surface area contributed by atoms with Crippen LogP contribution in [0.4, 0.5) is 0 Å². The summed E-state index contributed by atoms with van der Waals surface area (Å²) in [6.07, 6.45) is 28.3. The average Bonchev–Trinajstić information content (AvgIpc) is 3.13. The van der Waals surface area contributed by atoms with Gasteiger partial charge in [0.25, 0.3) is 0 Å². The van der Waals surface area contributed by atoms with E-state index in [1.807, 2.05) is 0 Å². The van der Waals surface area contributed by atoms with Crippen molar-refractivity contribution in [3.05, 3.63) is 0 Å². The first-order valence-electron chi connectivity index (χ1n) is 21.7. The highest BCUT2D eigenvalue weighted by Gasteiger charge is 2.44. The number of unbranched alkanes of at least 4 members (excludes halogenated alkanes) is 26. The van der Waals surface area contributed by atoms with Crippen LogP contribution in [0.3, 0.4) is 0 Å². The van der Waals surface area contributed by atoms with Gasteiger partial charge in [0.1, 0.15) is 24.4 Å². The maximum Gasteiger partial charge on any atom is 0.220 e. The summed E-state index contributed by atoms with van der Waals surface area (Å²) in [4.78, 5) is 12.9. The van der Waals surface area contributed by atoms with Crippen LogP contribution in [0.25, 0.3) is 0 Å². The molecule has 51 heavy (non-hydrogen) atoms. The Hall–Kier alpha value is -0.810. The van der Waals surface area contributed by atoms with Crippen molar-refractivity contribution < 1.29 is 39.8 Å². The summed E-state index contributed by atoms with van der Waals surface area (Å²) in [7, 11) is 0. The molecule has 9 nitrogen and oxygen atoms in total. The molecule has 1 saturated heterocycles. The minimum atomic E-state index is -1.55. The van der Waals surface area contributed by atoms with Crippen LogP contribution in [-0.2, 0) is 14.3 Å². The van der Waals surface area contributed by atoms with Gasteiger partial charge in [-0.1, -0.05) is 187 Å². The second-order valence-corrected chi connectivity index (χ2v) is 15.5. The molecule has 0 spiro atoms. The lowest BCUT2D eigenvalue weighted by Gasteiger charge is -2.40. The molecule has 7 atom stereocenters. The van der Waals surface area contributed by atoms with Crippen molar-refractivity contribution in [2.45, 2.75) is 249 Å². The van der Waals surface area contributed by atoms with Gasteiger partial charge in [-0.15, -0.1) is 0 Å². The Kier molecular flexibility index (Phi) is 31.9. The van der Waals surface area contributed by atoms with Crippen LogP contribution >= 0.6 is 0 Å². The third kappa shape index (κ3) is 25.0. The molecular weight excluding hydrogens is 646 g/mol. The fourth-order valence-corrected chi connectivity index (χ4v) is 7.16. The minimum absolute atomic E-state index is 0.132. The quantitative estimate of drug-likeness (QED) is 0.0353. The Morgan fingerprint density at radius 2 is 0.980 bits per heavy atom. The van der Waals surface area contributed by atoms with Crippen LogP contribution in [0, 0.1) is 0 Å². The zero-order valence-electron chi connectivity index (χ0n) is 33.1. The Labute approximate surface area is 313 Å². The summed E-state index contributed by atoms with van der Waals surface area (Å²) in [5.41, 5.74) is 0. The second-order valence-electron chi connectivity index (χ2n) is 15.5. The molecule has 0 aromatic carbocycles. The maximum atomic E-state index is 12.9. The van der Waals surface area contributed by atoms with Gasteiger partial charge >= 0.3 is 0 Å². The number of ether oxygens (including phenoxy) is 2. The van der Waals surface area contributed by atoms with E-state index in [4.69, 9.17) is 9.47 Å². The van der Waals surface area contributed by atoms with Gasteiger partial charge in [-0.05, 0) is 12.8 Å². The van der Waals surface area contributed by atoms with E-state index in [0.717, 1.165) is 38.5 Å². The summed E-state index contributed by atoms with van der Waals surface area (Å²) < 4.78 is 11.2. The number of amides is 1. The summed E-state index contributed by atoms with van der Waals surface area (Å²) in [6, 6.07) is -0.709.